The Labute approximate surface area is 164 Å². The van der Waals surface area contributed by atoms with Crippen LogP contribution in [-0.2, 0) is 9.59 Å². The Morgan fingerprint density at radius 1 is 1.14 bits per heavy atom. The lowest BCUT2D eigenvalue weighted by Gasteiger charge is -2.02. The lowest BCUT2D eigenvalue weighted by atomic mass is 10.3. The molecule has 2 aromatic rings. The smallest absolute Gasteiger partial charge is 0.481 e. The molecule has 0 aliphatic heterocycles. The summed E-state index contributed by atoms with van der Waals surface area (Å²) in [5, 5.41) is 22.6. The highest BCUT2D eigenvalue weighted by atomic mass is 33.1. The maximum absolute atomic E-state index is 11.9. The van der Waals surface area contributed by atoms with E-state index in [9.17, 15) is 22.8 Å². The summed E-state index contributed by atoms with van der Waals surface area (Å²) in [7, 11) is 3.05. The Morgan fingerprint density at radius 2 is 1.79 bits per heavy atom. The number of rotatable bonds is 8. The second-order valence-corrected chi connectivity index (χ2v) is 7.65. The molecule has 0 aliphatic rings. The van der Waals surface area contributed by atoms with E-state index in [0.29, 0.717) is 18.0 Å². The van der Waals surface area contributed by atoms with Crippen molar-refractivity contribution in [1.82, 2.24) is 14.9 Å². The monoisotopic (exact) mass is 439 g/mol. The number of carboxylic acids is 2. The van der Waals surface area contributed by atoms with Gasteiger partial charge in [0.05, 0.1) is 11.9 Å². The van der Waals surface area contributed by atoms with Crippen molar-refractivity contribution in [1.29, 1.82) is 0 Å². The third-order valence-electron chi connectivity index (χ3n) is 2.80. The maximum Gasteiger partial charge on any atom is 0.490 e. The average molecular weight is 439 g/mol. The summed E-state index contributed by atoms with van der Waals surface area (Å²) in [5.74, 6) is -2.45. The number of hydrogen-bond acceptors (Lipinski definition) is 6. The van der Waals surface area contributed by atoms with E-state index in [0.717, 1.165) is 11.3 Å². The predicted octanol–water partition coefficient (Wildman–Crippen LogP) is 2.55. The van der Waals surface area contributed by atoms with Gasteiger partial charge in [-0.25, -0.2) is 9.31 Å². The first kappa shape index (κ1) is 23.6. The summed E-state index contributed by atoms with van der Waals surface area (Å²) in [5.41, 5.74) is 1.27. The highest BCUT2D eigenvalue weighted by Crippen LogP contribution is 2.21. The van der Waals surface area contributed by atoms with Crippen molar-refractivity contribution >= 4 is 45.0 Å². The molecular weight excluding hydrogens is 423 g/mol. The summed E-state index contributed by atoms with van der Waals surface area (Å²) in [6.45, 7) is 0.525. The van der Waals surface area contributed by atoms with E-state index in [1.54, 1.807) is 27.6 Å². The van der Waals surface area contributed by atoms with Crippen molar-refractivity contribution in [2.75, 3.05) is 18.1 Å². The van der Waals surface area contributed by atoms with Crippen LogP contribution in [0.3, 0.4) is 0 Å². The minimum absolute atomic E-state index is 0.158. The molecule has 0 saturated carbocycles. The summed E-state index contributed by atoms with van der Waals surface area (Å²) in [6, 6.07) is 7.37. The molecule has 0 fully saturated rings. The van der Waals surface area contributed by atoms with Crippen molar-refractivity contribution < 1.29 is 37.8 Å². The van der Waals surface area contributed by atoms with E-state index in [4.69, 9.17) is 15.0 Å². The summed E-state index contributed by atoms with van der Waals surface area (Å²) in [6.07, 6.45) is -3.13. The topological polar surface area (TPSA) is 121 Å². The Bertz CT molecular complexity index is 781. The molecule has 1 amide bonds. The van der Waals surface area contributed by atoms with Crippen molar-refractivity contribution in [3.8, 4) is 0 Å². The van der Waals surface area contributed by atoms with Gasteiger partial charge in [0.15, 0.2) is 5.69 Å². The van der Waals surface area contributed by atoms with Crippen molar-refractivity contribution in [3.05, 3.63) is 36.2 Å². The number of nitrogens with zero attached hydrogens (tertiary/aromatic N) is 2. The molecule has 28 heavy (non-hydrogen) atoms. The number of alkyl halides is 3. The zero-order valence-electron chi connectivity index (χ0n) is 14.2. The maximum atomic E-state index is 11.9. The van der Waals surface area contributed by atoms with E-state index in [1.165, 1.54) is 10.8 Å². The number of halogens is 3. The van der Waals surface area contributed by atoms with Gasteiger partial charge in [0.25, 0.3) is 5.91 Å². The lowest BCUT2D eigenvalue weighted by Crippen LogP contribution is -2.26. The fourth-order valence-electron chi connectivity index (χ4n) is 1.59. The van der Waals surface area contributed by atoms with Crippen LogP contribution in [0.15, 0.2) is 30.5 Å². The van der Waals surface area contributed by atoms with Gasteiger partial charge in [0, 0.05) is 24.2 Å². The van der Waals surface area contributed by atoms with Gasteiger partial charge in [-0.2, -0.15) is 18.3 Å². The van der Waals surface area contributed by atoms with Gasteiger partial charge in [-0.05, 0) is 18.2 Å². The molecule has 0 unspecified atom stereocenters. The normalized spacial score (nSPS) is 10.8. The standard InChI is InChI=1S/C13H15N3O3S2.C2HF3O2/c17-12(18)4-7-20-21-8-5-14-13(19)11-9-10-3-1-2-6-16(10)15-11;3-2(4,5)1(6)7/h1-3,6,9H,4-5,7-8H2,(H,14,19)(H,17,18);(H,6,7). The molecule has 0 aliphatic carbocycles. The zero-order valence-corrected chi connectivity index (χ0v) is 15.8. The Kier molecular flexibility index (Phi) is 9.65. The molecule has 0 saturated heterocycles. The molecule has 2 aromatic heterocycles. The first-order valence-electron chi connectivity index (χ1n) is 7.60. The van der Waals surface area contributed by atoms with Crippen LogP contribution in [0.5, 0.6) is 0 Å². The largest absolute Gasteiger partial charge is 0.490 e. The number of pyridine rings is 1. The number of carbonyl (C=O) groups excluding carboxylic acids is 1. The summed E-state index contributed by atoms with van der Waals surface area (Å²) in [4.78, 5) is 31.1. The fourth-order valence-corrected chi connectivity index (χ4v) is 3.48. The van der Waals surface area contributed by atoms with Crippen LogP contribution in [0, 0.1) is 0 Å². The van der Waals surface area contributed by atoms with Crippen LogP contribution in [-0.4, -0.2) is 61.9 Å². The van der Waals surface area contributed by atoms with Crippen LogP contribution in [0.4, 0.5) is 13.2 Å². The minimum atomic E-state index is -5.08. The third-order valence-corrected chi connectivity index (χ3v) is 5.21. The number of fused-ring (bicyclic) bond motifs is 1. The molecule has 2 rings (SSSR count). The molecule has 0 spiro atoms. The molecule has 13 heteroatoms. The highest BCUT2D eigenvalue weighted by Gasteiger charge is 2.38. The van der Waals surface area contributed by atoms with Crippen molar-refractivity contribution in [2.24, 2.45) is 0 Å². The Morgan fingerprint density at radius 3 is 2.36 bits per heavy atom. The summed E-state index contributed by atoms with van der Waals surface area (Å²) < 4.78 is 33.4. The zero-order chi connectivity index (χ0) is 21.2. The average Bonchev–Trinajstić information content (AvgIpc) is 3.04. The molecule has 0 aromatic carbocycles. The first-order chi connectivity index (χ1) is 13.1. The predicted molar refractivity (Wildman–Crippen MR) is 98.4 cm³/mol. The second kappa shape index (κ2) is 11.4. The van der Waals surface area contributed by atoms with Gasteiger partial charge in [-0.1, -0.05) is 27.7 Å². The Balaban J connectivity index is 0.000000480. The third kappa shape index (κ3) is 8.99. The molecule has 154 valence electrons. The molecule has 0 atom stereocenters. The van der Waals surface area contributed by atoms with Crippen LogP contribution < -0.4 is 5.32 Å². The quantitative estimate of drug-likeness (QED) is 0.424. The van der Waals surface area contributed by atoms with Gasteiger partial charge in [0.2, 0.25) is 0 Å². The van der Waals surface area contributed by atoms with Gasteiger partial charge < -0.3 is 15.5 Å². The molecule has 2 heterocycles. The van der Waals surface area contributed by atoms with Crippen LogP contribution in [0.2, 0.25) is 0 Å². The van der Waals surface area contributed by atoms with Gasteiger partial charge in [-0.3, -0.25) is 9.59 Å². The first-order valence-corrected chi connectivity index (χ1v) is 10.1. The second-order valence-electron chi connectivity index (χ2n) is 4.95. The van der Waals surface area contributed by atoms with Crippen LogP contribution in [0.1, 0.15) is 16.9 Å². The van der Waals surface area contributed by atoms with E-state index in [-0.39, 0.29) is 12.3 Å². The number of hydrogen-bond donors (Lipinski definition) is 3. The van der Waals surface area contributed by atoms with E-state index < -0.39 is 18.1 Å². The number of carbonyl (C=O) groups is 3. The lowest BCUT2D eigenvalue weighted by molar-refractivity contribution is -0.192. The van der Waals surface area contributed by atoms with Crippen LogP contribution >= 0.6 is 21.6 Å². The van der Waals surface area contributed by atoms with E-state index in [2.05, 4.69) is 10.4 Å². The molecule has 8 nitrogen and oxygen atoms in total. The number of carboxylic acid groups (broad SMARTS) is 2. The molecule has 0 bridgehead atoms. The molecule has 3 N–H and O–H groups in total. The molecule has 0 radical (unpaired) electrons. The Hall–Kier alpha value is -2.41. The van der Waals surface area contributed by atoms with Crippen molar-refractivity contribution in [2.45, 2.75) is 12.6 Å². The fraction of sp³-hybridized carbons (Fsp3) is 0.333. The van der Waals surface area contributed by atoms with Gasteiger partial charge >= 0.3 is 18.1 Å². The van der Waals surface area contributed by atoms with E-state index >= 15 is 0 Å². The van der Waals surface area contributed by atoms with E-state index in [1.807, 2.05) is 18.2 Å². The van der Waals surface area contributed by atoms with Crippen LogP contribution in [0.25, 0.3) is 5.52 Å². The number of amides is 1. The SMILES string of the molecule is O=C(O)C(F)(F)F.O=C(O)CCSSCCNC(=O)c1cc2ccccn2n1. The number of aliphatic carboxylic acids is 2. The summed E-state index contributed by atoms with van der Waals surface area (Å²) >= 11 is 0. The number of nitrogens with one attached hydrogen (secondary N) is 1. The minimum Gasteiger partial charge on any atom is -0.481 e. The van der Waals surface area contributed by atoms with Crippen molar-refractivity contribution in [3.63, 3.8) is 0 Å². The number of aromatic nitrogens is 2. The molecular formula is C15H16F3N3O5S2. The highest BCUT2D eigenvalue weighted by molar-refractivity contribution is 8.76. The van der Waals surface area contributed by atoms with Gasteiger partial charge in [0.1, 0.15) is 0 Å². The van der Waals surface area contributed by atoms with Gasteiger partial charge in [-0.15, -0.1) is 0 Å².